The highest BCUT2D eigenvalue weighted by atomic mass is 19.1. The monoisotopic (exact) mass is 224 g/mol. The van der Waals surface area contributed by atoms with E-state index >= 15 is 0 Å². The van der Waals surface area contributed by atoms with Crippen molar-refractivity contribution < 1.29 is 13.6 Å². The van der Waals surface area contributed by atoms with Crippen molar-refractivity contribution in [1.82, 2.24) is 0 Å². The molecule has 1 aliphatic rings. The molecule has 0 heterocycles. The molecule has 1 saturated carbocycles. The molecule has 0 bridgehead atoms. The van der Waals surface area contributed by atoms with Gasteiger partial charge in [-0.15, -0.1) is 0 Å². The van der Waals surface area contributed by atoms with Crippen molar-refractivity contribution in [2.24, 2.45) is 5.92 Å². The summed E-state index contributed by atoms with van der Waals surface area (Å²) in [7, 11) is 0. The zero-order chi connectivity index (χ0) is 11.9. The third-order valence-corrected chi connectivity index (χ3v) is 3.44. The van der Waals surface area contributed by atoms with Crippen molar-refractivity contribution in [2.75, 3.05) is 0 Å². The Morgan fingerprint density at radius 2 is 2.00 bits per heavy atom. The third kappa shape index (κ3) is 1.64. The Morgan fingerprint density at radius 1 is 1.31 bits per heavy atom. The summed E-state index contributed by atoms with van der Waals surface area (Å²) in [5.74, 6) is -0.891. The predicted octanol–water partition coefficient (Wildman–Crippen LogP) is 3.36. The van der Waals surface area contributed by atoms with Crippen molar-refractivity contribution in [1.29, 1.82) is 0 Å². The Labute approximate surface area is 93.5 Å². The summed E-state index contributed by atoms with van der Waals surface area (Å²) in [6.07, 6.45) is 1.04. The van der Waals surface area contributed by atoms with E-state index in [1.807, 2.05) is 6.92 Å². The number of carbonyl (C=O) groups is 1. The van der Waals surface area contributed by atoms with Crippen LogP contribution in [0.4, 0.5) is 8.78 Å². The summed E-state index contributed by atoms with van der Waals surface area (Å²) in [5.41, 5.74) is 0.662. The molecule has 2 unspecified atom stereocenters. The Balaban J connectivity index is 2.35. The smallest absolute Gasteiger partial charge is 0.137 e. The van der Waals surface area contributed by atoms with E-state index in [9.17, 15) is 13.6 Å². The standard InChI is InChI=1S/C13H14F2O/c1-3-8-9(6-13(8)16)10-5-11(14)7(2)4-12(10)15/h4-5,8-9H,3,6H2,1-2H3. The predicted molar refractivity (Wildman–Crippen MR) is 57.2 cm³/mol. The molecule has 1 nitrogen and oxygen atoms in total. The van der Waals surface area contributed by atoms with Gasteiger partial charge in [0.2, 0.25) is 0 Å². The molecule has 3 heteroatoms. The van der Waals surface area contributed by atoms with Crippen molar-refractivity contribution >= 4 is 5.78 Å². The summed E-state index contributed by atoms with van der Waals surface area (Å²) < 4.78 is 27.0. The van der Waals surface area contributed by atoms with Gasteiger partial charge in [-0.3, -0.25) is 4.79 Å². The molecular formula is C13H14F2O. The van der Waals surface area contributed by atoms with Gasteiger partial charge in [-0.2, -0.15) is 0 Å². The second-order valence-corrected chi connectivity index (χ2v) is 4.41. The van der Waals surface area contributed by atoms with Crippen LogP contribution in [0.3, 0.4) is 0 Å². The number of ketones is 1. The largest absolute Gasteiger partial charge is 0.299 e. The molecule has 1 fully saturated rings. The molecule has 0 saturated heterocycles. The highest BCUT2D eigenvalue weighted by Crippen LogP contribution is 2.42. The normalized spacial score (nSPS) is 24.4. The highest BCUT2D eigenvalue weighted by Gasteiger charge is 2.40. The van der Waals surface area contributed by atoms with Gasteiger partial charge in [-0.25, -0.2) is 8.78 Å². The zero-order valence-electron chi connectivity index (χ0n) is 9.39. The van der Waals surface area contributed by atoms with Crippen LogP contribution in [0.15, 0.2) is 12.1 Å². The van der Waals surface area contributed by atoms with Crippen molar-refractivity contribution in [3.05, 3.63) is 34.9 Å². The topological polar surface area (TPSA) is 17.1 Å². The summed E-state index contributed by atoms with van der Waals surface area (Å²) in [6, 6.07) is 2.45. The Morgan fingerprint density at radius 3 is 2.56 bits per heavy atom. The van der Waals surface area contributed by atoms with Crippen molar-refractivity contribution in [3.63, 3.8) is 0 Å². The van der Waals surface area contributed by atoms with Crippen molar-refractivity contribution in [3.8, 4) is 0 Å². The van der Waals surface area contributed by atoms with Crippen LogP contribution in [0, 0.1) is 24.5 Å². The van der Waals surface area contributed by atoms with Crippen LogP contribution in [0.2, 0.25) is 0 Å². The maximum Gasteiger partial charge on any atom is 0.137 e. The van der Waals surface area contributed by atoms with E-state index < -0.39 is 11.6 Å². The van der Waals surface area contributed by atoms with Crippen LogP contribution in [0.5, 0.6) is 0 Å². The molecule has 16 heavy (non-hydrogen) atoms. The average molecular weight is 224 g/mol. The highest BCUT2D eigenvalue weighted by molar-refractivity contribution is 5.89. The van der Waals surface area contributed by atoms with E-state index in [-0.39, 0.29) is 17.6 Å². The molecule has 0 radical (unpaired) electrons. The second-order valence-electron chi connectivity index (χ2n) is 4.41. The fourth-order valence-corrected chi connectivity index (χ4v) is 2.36. The van der Waals surface area contributed by atoms with Gasteiger partial charge in [0.25, 0.3) is 0 Å². The van der Waals surface area contributed by atoms with Crippen LogP contribution in [0.25, 0.3) is 0 Å². The SMILES string of the molecule is CCC1C(=O)CC1c1cc(F)c(C)cc1F. The lowest BCUT2D eigenvalue weighted by Crippen LogP contribution is -2.35. The summed E-state index contributed by atoms with van der Waals surface area (Å²) in [5, 5.41) is 0. The van der Waals surface area contributed by atoms with Crippen molar-refractivity contribution in [2.45, 2.75) is 32.6 Å². The number of hydrogen-bond donors (Lipinski definition) is 0. The maximum atomic E-state index is 13.7. The van der Waals surface area contributed by atoms with E-state index in [0.29, 0.717) is 24.0 Å². The van der Waals surface area contributed by atoms with Crippen LogP contribution < -0.4 is 0 Å². The molecule has 0 aromatic heterocycles. The summed E-state index contributed by atoms with van der Waals surface area (Å²) >= 11 is 0. The van der Waals surface area contributed by atoms with Gasteiger partial charge in [-0.05, 0) is 36.6 Å². The van der Waals surface area contributed by atoms with Crippen LogP contribution in [-0.2, 0) is 4.79 Å². The molecule has 0 spiro atoms. The number of aryl methyl sites for hydroxylation is 1. The Kier molecular flexibility index (Phi) is 2.78. The van der Waals surface area contributed by atoms with Crippen LogP contribution in [0.1, 0.15) is 36.8 Å². The van der Waals surface area contributed by atoms with Gasteiger partial charge in [0, 0.05) is 18.3 Å². The quantitative estimate of drug-likeness (QED) is 0.752. The van der Waals surface area contributed by atoms with E-state index in [4.69, 9.17) is 0 Å². The van der Waals surface area contributed by atoms with E-state index in [1.165, 1.54) is 19.1 Å². The van der Waals surface area contributed by atoms with Gasteiger partial charge < -0.3 is 0 Å². The van der Waals surface area contributed by atoms with Gasteiger partial charge in [0.1, 0.15) is 17.4 Å². The number of hydrogen-bond acceptors (Lipinski definition) is 1. The average Bonchev–Trinajstić information content (AvgIpc) is 2.21. The van der Waals surface area contributed by atoms with Crippen LogP contribution >= 0.6 is 0 Å². The van der Waals surface area contributed by atoms with Crippen LogP contribution in [-0.4, -0.2) is 5.78 Å². The molecule has 2 rings (SSSR count). The lowest BCUT2D eigenvalue weighted by molar-refractivity contribution is -0.131. The molecular weight excluding hydrogens is 210 g/mol. The minimum Gasteiger partial charge on any atom is -0.299 e. The number of halogens is 2. The van der Waals surface area contributed by atoms with Gasteiger partial charge in [0.15, 0.2) is 0 Å². The number of carbonyl (C=O) groups excluding carboxylic acids is 1. The van der Waals surface area contributed by atoms with E-state index in [0.717, 1.165) is 0 Å². The first-order chi connectivity index (χ1) is 7.54. The first kappa shape index (κ1) is 11.2. The van der Waals surface area contributed by atoms with Gasteiger partial charge >= 0.3 is 0 Å². The van der Waals surface area contributed by atoms with E-state index in [2.05, 4.69) is 0 Å². The molecule has 86 valence electrons. The zero-order valence-corrected chi connectivity index (χ0v) is 9.39. The third-order valence-electron chi connectivity index (χ3n) is 3.44. The summed E-state index contributed by atoms with van der Waals surface area (Å²) in [6.45, 7) is 3.43. The fourth-order valence-electron chi connectivity index (χ4n) is 2.36. The second kappa shape index (κ2) is 3.96. The minimum absolute atomic E-state index is 0.128. The molecule has 0 amide bonds. The Bertz CT molecular complexity index is 440. The summed E-state index contributed by atoms with van der Waals surface area (Å²) in [4.78, 5) is 11.3. The van der Waals surface area contributed by atoms with Gasteiger partial charge in [-0.1, -0.05) is 6.92 Å². The minimum atomic E-state index is -0.398. The first-order valence-electron chi connectivity index (χ1n) is 5.52. The molecule has 1 aliphatic carbocycles. The Hall–Kier alpha value is -1.25. The lowest BCUT2D eigenvalue weighted by Gasteiger charge is -2.35. The molecule has 0 aliphatic heterocycles. The molecule has 2 atom stereocenters. The molecule has 1 aromatic carbocycles. The number of Topliss-reactive ketones (excluding diaryl/α,β-unsaturated/α-hetero) is 1. The fraction of sp³-hybridized carbons (Fsp3) is 0.462. The van der Waals surface area contributed by atoms with E-state index in [1.54, 1.807) is 0 Å². The maximum absolute atomic E-state index is 13.7. The first-order valence-corrected chi connectivity index (χ1v) is 5.52. The van der Waals surface area contributed by atoms with Gasteiger partial charge in [0.05, 0.1) is 0 Å². The lowest BCUT2D eigenvalue weighted by atomic mass is 9.67. The number of rotatable bonds is 2. The number of benzene rings is 1. The molecule has 1 aromatic rings. The molecule has 0 N–H and O–H groups in total.